The van der Waals surface area contributed by atoms with Gasteiger partial charge in [0.05, 0.1) is 11.9 Å². The lowest BCUT2D eigenvalue weighted by atomic mass is 10.1. The molecule has 5 heteroatoms. The van der Waals surface area contributed by atoms with E-state index in [4.69, 9.17) is 5.11 Å². The van der Waals surface area contributed by atoms with Gasteiger partial charge in [-0.05, 0) is 42.5 Å². The number of carboxylic acid groups (broad SMARTS) is 1. The molecule has 1 heterocycles. The third kappa shape index (κ3) is 2.45. The number of hydrogen-bond acceptors (Lipinski definition) is 3. The zero-order chi connectivity index (χ0) is 14.1. The summed E-state index contributed by atoms with van der Waals surface area (Å²) in [6.07, 6.45) is 5.01. The summed E-state index contributed by atoms with van der Waals surface area (Å²) in [5, 5.41) is 13.2. The van der Waals surface area contributed by atoms with Gasteiger partial charge in [0.15, 0.2) is 0 Å². The SMILES string of the molecule is Cn1ncc(C(=O)O)c1CSc1ccc2c(c1)CCC2. The maximum atomic E-state index is 11.1. The van der Waals surface area contributed by atoms with Gasteiger partial charge in [-0.1, -0.05) is 6.07 Å². The van der Waals surface area contributed by atoms with E-state index in [1.165, 1.54) is 35.1 Å². The molecule has 0 unspecified atom stereocenters. The number of carboxylic acids is 1. The first-order chi connectivity index (χ1) is 9.65. The van der Waals surface area contributed by atoms with E-state index in [0.717, 1.165) is 12.1 Å². The van der Waals surface area contributed by atoms with Gasteiger partial charge >= 0.3 is 5.97 Å². The van der Waals surface area contributed by atoms with Crippen molar-refractivity contribution < 1.29 is 9.90 Å². The highest BCUT2D eigenvalue weighted by atomic mass is 32.2. The molecule has 0 radical (unpaired) electrons. The van der Waals surface area contributed by atoms with Crippen LogP contribution in [0.1, 0.15) is 33.6 Å². The largest absolute Gasteiger partial charge is 0.478 e. The molecule has 4 nitrogen and oxygen atoms in total. The molecular weight excluding hydrogens is 272 g/mol. The summed E-state index contributed by atoms with van der Waals surface area (Å²) in [5.74, 6) is -0.292. The van der Waals surface area contributed by atoms with Crippen molar-refractivity contribution >= 4 is 17.7 Å². The Morgan fingerprint density at radius 1 is 1.40 bits per heavy atom. The molecule has 0 spiro atoms. The molecule has 0 aliphatic heterocycles. The second-order valence-corrected chi connectivity index (χ2v) is 6.06. The molecule has 0 bridgehead atoms. The molecular formula is C15H16N2O2S. The highest BCUT2D eigenvalue weighted by molar-refractivity contribution is 7.98. The smallest absolute Gasteiger partial charge is 0.339 e. The molecule has 1 aliphatic rings. The molecule has 0 saturated heterocycles. The second kappa shape index (κ2) is 5.32. The molecule has 0 atom stereocenters. The zero-order valence-electron chi connectivity index (χ0n) is 11.3. The lowest BCUT2D eigenvalue weighted by Crippen LogP contribution is -2.03. The van der Waals surface area contributed by atoms with Crippen LogP contribution >= 0.6 is 11.8 Å². The molecule has 1 aromatic heterocycles. The van der Waals surface area contributed by atoms with E-state index in [-0.39, 0.29) is 0 Å². The van der Waals surface area contributed by atoms with E-state index >= 15 is 0 Å². The van der Waals surface area contributed by atoms with Crippen LogP contribution in [0.15, 0.2) is 29.3 Å². The summed E-state index contributed by atoms with van der Waals surface area (Å²) in [6, 6.07) is 6.57. The summed E-state index contributed by atoms with van der Waals surface area (Å²) in [4.78, 5) is 12.3. The topological polar surface area (TPSA) is 55.1 Å². The first-order valence-corrected chi connectivity index (χ1v) is 7.62. The summed E-state index contributed by atoms with van der Waals surface area (Å²) >= 11 is 1.67. The Hall–Kier alpha value is -1.75. The molecule has 0 amide bonds. The highest BCUT2D eigenvalue weighted by Gasteiger charge is 2.16. The van der Waals surface area contributed by atoms with E-state index in [1.54, 1.807) is 23.5 Å². The van der Waals surface area contributed by atoms with Crippen molar-refractivity contribution in [3.63, 3.8) is 0 Å². The van der Waals surface area contributed by atoms with E-state index in [1.807, 2.05) is 0 Å². The number of aromatic nitrogens is 2. The molecule has 20 heavy (non-hydrogen) atoms. The van der Waals surface area contributed by atoms with Gasteiger partial charge in [0.2, 0.25) is 0 Å². The molecule has 104 valence electrons. The Morgan fingerprint density at radius 3 is 3.00 bits per heavy atom. The van der Waals surface area contributed by atoms with Crippen LogP contribution in [-0.4, -0.2) is 20.9 Å². The predicted octanol–water partition coefficient (Wildman–Crippen LogP) is 2.90. The van der Waals surface area contributed by atoms with Crippen LogP contribution in [0.5, 0.6) is 0 Å². The number of rotatable bonds is 4. The molecule has 1 aliphatic carbocycles. The molecule has 0 fully saturated rings. The number of fused-ring (bicyclic) bond motifs is 1. The molecule has 1 N–H and O–H groups in total. The minimum atomic E-state index is -0.914. The van der Waals surface area contributed by atoms with Gasteiger partial charge in [0.25, 0.3) is 0 Å². The summed E-state index contributed by atoms with van der Waals surface area (Å²) in [7, 11) is 1.78. The Labute approximate surface area is 121 Å². The van der Waals surface area contributed by atoms with E-state index < -0.39 is 5.97 Å². The van der Waals surface area contributed by atoms with Gasteiger partial charge in [-0.2, -0.15) is 5.10 Å². The first-order valence-electron chi connectivity index (χ1n) is 6.64. The van der Waals surface area contributed by atoms with Crippen LogP contribution < -0.4 is 0 Å². The van der Waals surface area contributed by atoms with Crippen molar-refractivity contribution in [1.29, 1.82) is 0 Å². The fraction of sp³-hybridized carbons (Fsp3) is 0.333. The van der Waals surface area contributed by atoms with Crippen LogP contribution in [0.2, 0.25) is 0 Å². The fourth-order valence-electron chi connectivity index (χ4n) is 2.60. The van der Waals surface area contributed by atoms with Crippen molar-refractivity contribution in [1.82, 2.24) is 9.78 Å². The van der Waals surface area contributed by atoms with Crippen molar-refractivity contribution in [2.45, 2.75) is 29.9 Å². The van der Waals surface area contributed by atoms with Crippen LogP contribution in [0.25, 0.3) is 0 Å². The van der Waals surface area contributed by atoms with Crippen molar-refractivity contribution in [2.75, 3.05) is 0 Å². The fourth-order valence-corrected chi connectivity index (χ4v) is 3.64. The van der Waals surface area contributed by atoms with Crippen molar-refractivity contribution in [3.05, 3.63) is 46.8 Å². The number of benzene rings is 1. The molecule has 3 rings (SSSR count). The molecule has 1 aromatic carbocycles. The quantitative estimate of drug-likeness (QED) is 0.879. The second-order valence-electron chi connectivity index (χ2n) is 5.01. The Balaban J connectivity index is 1.77. The van der Waals surface area contributed by atoms with Gasteiger partial charge in [-0.25, -0.2) is 4.79 Å². The Kier molecular flexibility index (Phi) is 3.53. The maximum absolute atomic E-state index is 11.1. The van der Waals surface area contributed by atoms with Crippen LogP contribution in [0, 0.1) is 0 Å². The van der Waals surface area contributed by atoms with Crippen molar-refractivity contribution in [3.8, 4) is 0 Å². The standard InChI is InChI=1S/C15H16N2O2S/c1-17-14(13(8-16-17)15(18)19)9-20-12-6-5-10-3-2-4-11(10)7-12/h5-8H,2-4,9H2,1H3,(H,18,19). The number of aryl methyl sites for hydroxylation is 3. The first kappa shape index (κ1) is 13.2. The van der Waals surface area contributed by atoms with E-state index in [0.29, 0.717) is 11.3 Å². The number of carbonyl (C=O) groups is 1. The molecule has 2 aromatic rings. The molecule has 0 saturated carbocycles. The average Bonchev–Trinajstić information content (AvgIpc) is 3.02. The maximum Gasteiger partial charge on any atom is 0.339 e. The highest BCUT2D eigenvalue weighted by Crippen LogP contribution is 2.29. The van der Waals surface area contributed by atoms with E-state index in [2.05, 4.69) is 23.3 Å². The van der Waals surface area contributed by atoms with Crippen LogP contribution in [-0.2, 0) is 25.6 Å². The third-order valence-corrected chi connectivity index (χ3v) is 4.74. The lowest BCUT2D eigenvalue weighted by Gasteiger charge is -2.06. The average molecular weight is 288 g/mol. The summed E-state index contributed by atoms with van der Waals surface area (Å²) in [6.45, 7) is 0. The van der Waals surface area contributed by atoms with Gasteiger partial charge in [-0.3, -0.25) is 4.68 Å². The number of nitrogens with zero attached hydrogens (tertiary/aromatic N) is 2. The third-order valence-electron chi connectivity index (χ3n) is 3.74. The van der Waals surface area contributed by atoms with Gasteiger partial charge in [0, 0.05) is 17.7 Å². The van der Waals surface area contributed by atoms with Gasteiger partial charge in [0.1, 0.15) is 5.56 Å². The summed E-state index contributed by atoms with van der Waals surface area (Å²) in [5.41, 5.74) is 3.95. The monoisotopic (exact) mass is 288 g/mol. The Bertz CT molecular complexity index is 664. The normalized spacial score (nSPS) is 13.4. The Morgan fingerprint density at radius 2 is 2.20 bits per heavy atom. The van der Waals surface area contributed by atoms with Gasteiger partial charge < -0.3 is 5.11 Å². The van der Waals surface area contributed by atoms with Crippen LogP contribution in [0.4, 0.5) is 0 Å². The van der Waals surface area contributed by atoms with Crippen molar-refractivity contribution in [2.24, 2.45) is 7.05 Å². The number of aromatic carboxylic acids is 1. The van der Waals surface area contributed by atoms with Crippen LogP contribution in [0.3, 0.4) is 0 Å². The zero-order valence-corrected chi connectivity index (χ0v) is 12.1. The minimum Gasteiger partial charge on any atom is -0.478 e. The minimum absolute atomic E-state index is 0.293. The summed E-state index contributed by atoms with van der Waals surface area (Å²) < 4.78 is 1.64. The van der Waals surface area contributed by atoms with Gasteiger partial charge in [-0.15, -0.1) is 11.8 Å². The number of thioether (sulfide) groups is 1. The lowest BCUT2D eigenvalue weighted by molar-refractivity contribution is 0.0696. The predicted molar refractivity (Wildman–Crippen MR) is 78.2 cm³/mol. The van der Waals surface area contributed by atoms with E-state index in [9.17, 15) is 4.79 Å². The number of hydrogen-bond donors (Lipinski definition) is 1.